The van der Waals surface area contributed by atoms with Gasteiger partial charge >= 0.3 is 0 Å². The maximum atomic E-state index is 12.9. The number of nitrogen functional groups attached to an aromatic ring is 1. The van der Waals surface area contributed by atoms with Crippen molar-refractivity contribution in [1.82, 2.24) is 4.31 Å². The molecule has 0 aliphatic carbocycles. The standard InChI is InChI=1S/C15H24N2O3S/c1-3-11-8-14(16)13(4-2)15(9-11)21(19,20)17-7-5-6-12(18)10-17/h8-9,12,18H,3-7,10,16H2,1-2H3. The summed E-state index contributed by atoms with van der Waals surface area (Å²) in [5.74, 6) is 0. The molecule has 1 heterocycles. The fourth-order valence-electron chi connectivity index (χ4n) is 2.82. The first-order valence-corrected chi connectivity index (χ1v) is 8.93. The summed E-state index contributed by atoms with van der Waals surface area (Å²) in [7, 11) is -3.60. The SMILES string of the molecule is CCc1cc(N)c(CC)c(S(=O)(=O)N2CCCC(O)C2)c1. The topological polar surface area (TPSA) is 83.6 Å². The van der Waals surface area contributed by atoms with Crippen LogP contribution in [0, 0.1) is 0 Å². The van der Waals surface area contributed by atoms with Gasteiger partial charge in [-0.05, 0) is 48.9 Å². The molecule has 6 heteroatoms. The molecule has 1 fully saturated rings. The number of aryl methyl sites for hydroxylation is 1. The highest BCUT2D eigenvalue weighted by Gasteiger charge is 2.31. The summed E-state index contributed by atoms with van der Waals surface area (Å²) in [6, 6.07) is 3.58. The lowest BCUT2D eigenvalue weighted by Crippen LogP contribution is -2.42. The first kappa shape index (κ1) is 16.3. The normalized spacial score (nSPS) is 20.6. The predicted molar refractivity (Wildman–Crippen MR) is 83.6 cm³/mol. The Kier molecular flexibility index (Phi) is 4.91. The lowest BCUT2D eigenvalue weighted by Gasteiger charge is -2.30. The van der Waals surface area contributed by atoms with Crippen LogP contribution >= 0.6 is 0 Å². The van der Waals surface area contributed by atoms with Crippen LogP contribution < -0.4 is 5.73 Å². The molecular weight excluding hydrogens is 288 g/mol. The lowest BCUT2D eigenvalue weighted by molar-refractivity contribution is 0.108. The first-order chi connectivity index (χ1) is 9.90. The average molecular weight is 312 g/mol. The number of aliphatic hydroxyl groups is 1. The zero-order valence-electron chi connectivity index (χ0n) is 12.7. The number of piperidine rings is 1. The van der Waals surface area contributed by atoms with Gasteiger partial charge < -0.3 is 10.8 Å². The van der Waals surface area contributed by atoms with Crippen LogP contribution in [-0.2, 0) is 22.9 Å². The first-order valence-electron chi connectivity index (χ1n) is 7.49. The second kappa shape index (κ2) is 6.34. The number of benzene rings is 1. The van der Waals surface area contributed by atoms with Crippen LogP contribution in [0.4, 0.5) is 5.69 Å². The smallest absolute Gasteiger partial charge is 0.243 e. The number of nitrogens with zero attached hydrogens (tertiary/aromatic N) is 1. The summed E-state index contributed by atoms with van der Waals surface area (Å²) in [5.41, 5.74) is 8.16. The zero-order valence-corrected chi connectivity index (χ0v) is 13.5. The Hall–Kier alpha value is -1.11. The molecule has 0 spiro atoms. The summed E-state index contributed by atoms with van der Waals surface area (Å²) in [4.78, 5) is 0.302. The molecule has 118 valence electrons. The maximum absolute atomic E-state index is 12.9. The molecule has 0 aromatic heterocycles. The molecule has 0 saturated carbocycles. The summed E-state index contributed by atoms with van der Waals surface area (Å²) in [5, 5.41) is 9.74. The highest BCUT2D eigenvalue weighted by Crippen LogP contribution is 2.29. The largest absolute Gasteiger partial charge is 0.398 e. The molecule has 1 aliphatic heterocycles. The molecule has 3 N–H and O–H groups in total. The summed E-state index contributed by atoms with van der Waals surface area (Å²) in [6.45, 7) is 4.50. The van der Waals surface area contributed by atoms with Crippen molar-refractivity contribution >= 4 is 15.7 Å². The van der Waals surface area contributed by atoms with Crippen molar-refractivity contribution in [1.29, 1.82) is 0 Å². The van der Waals surface area contributed by atoms with E-state index in [0.29, 0.717) is 42.0 Å². The van der Waals surface area contributed by atoms with E-state index in [1.165, 1.54) is 4.31 Å². The highest BCUT2D eigenvalue weighted by atomic mass is 32.2. The minimum Gasteiger partial charge on any atom is -0.398 e. The molecule has 1 unspecified atom stereocenters. The van der Waals surface area contributed by atoms with Gasteiger partial charge in [0.25, 0.3) is 0 Å². The number of hydrogen-bond donors (Lipinski definition) is 2. The molecule has 1 saturated heterocycles. The minimum atomic E-state index is -3.60. The van der Waals surface area contributed by atoms with E-state index >= 15 is 0 Å². The van der Waals surface area contributed by atoms with E-state index in [1.807, 2.05) is 19.9 Å². The van der Waals surface area contributed by atoms with Crippen molar-refractivity contribution in [3.8, 4) is 0 Å². The van der Waals surface area contributed by atoms with E-state index in [2.05, 4.69) is 0 Å². The lowest BCUT2D eigenvalue weighted by atomic mass is 10.1. The Morgan fingerprint density at radius 1 is 1.33 bits per heavy atom. The van der Waals surface area contributed by atoms with Crippen molar-refractivity contribution in [2.24, 2.45) is 0 Å². The third kappa shape index (κ3) is 3.22. The van der Waals surface area contributed by atoms with Crippen LogP contribution in [0.5, 0.6) is 0 Å². The van der Waals surface area contributed by atoms with Crippen LogP contribution in [0.3, 0.4) is 0 Å². The van der Waals surface area contributed by atoms with Crippen LogP contribution in [-0.4, -0.2) is 37.0 Å². The van der Waals surface area contributed by atoms with E-state index in [1.54, 1.807) is 6.07 Å². The van der Waals surface area contributed by atoms with E-state index in [9.17, 15) is 13.5 Å². The molecule has 0 bridgehead atoms. The van der Waals surface area contributed by atoms with Crippen molar-refractivity contribution in [2.75, 3.05) is 18.8 Å². The van der Waals surface area contributed by atoms with Gasteiger partial charge in [-0.3, -0.25) is 0 Å². The summed E-state index contributed by atoms with van der Waals surface area (Å²) >= 11 is 0. The Morgan fingerprint density at radius 3 is 2.62 bits per heavy atom. The zero-order chi connectivity index (χ0) is 15.6. The molecule has 0 radical (unpaired) electrons. The number of nitrogens with two attached hydrogens (primary N) is 1. The Balaban J connectivity index is 2.50. The van der Waals surface area contributed by atoms with Gasteiger partial charge in [0, 0.05) is 18.8 Å². The van der Waals surface area contributed by atoms with Crippen LogP contribution in [0.15, 0.2) is 17.0 Å². The van der Waals surface area contributed by atoms with Crippen LogP contribution in [0.1, 0.15) is 37.8 Å². The predicted octanol–water partition coefficient (Wildman–Crippen LogP) is 1.54. The monoisotopic (exact) mass is 312 g/mol. The Bertz CT molecular complexity index is 614. The van der Waals surface area contributed by atoms with E-state index in [0.717, 1.165) is 12.0 Å². The van der Waals surface area contributed by atoms with Gasteiger partial charge in [0.15, 0.2) is 0 Å². The number of anilines is 1. The van der Waals surface area contributed by atoms with Gasteiger partial charge in [-0.15, -0.1) is 0 Å². The molecule has 5 nitrogen and oxygen atoms in total. The fourth-order valence-corrected chi connectivity index (χ4v) is 4.71. The van der Waals surface area contributed by atoms with Crippen molar-refractivity contribution < 1.29 is 13.5 Å². The van der Waals surface area contributed by atoms with Gasteiger partial charge in [0.2, 0.25) is 10.0 Å². The minimum absolute atomic E-state index is 0.168. The molecular formula is C15H24N2O3S. The number of hydrogen-bond acceptors (Lipinski definition) is 4. The molecule has 1 aromatic rings. The molecule has 1 aliphatic rings. The van der Waals surface area contributed by atoms with Crippen molar-refractivity contribution in [3.05, 3.63) is 23.3 Å². The molecule has 1 atom stereocenters. The molecule has 1 aromatic carbocycles. The van der Waals surface area contributed by atoms with Crippen molar-refractivity contribution in [2.45, 2.75) is 50.5 Å². The average Bonchev–Trinajstić information content (AvgIpc) is 2.46. The highest BCUT2D eigenvalue weighted by molar-refractivity contribution is 7.89. The van der Waals surface area contributed by atoms with Crippen LogP contribution in [0.25, 0.3) is 0 Å². The van der Waals surface area contributed by atoms with E-state index in [4.69, 9.17) is 5.73 Å². The summed E-state index contributed by atoms with van der Waals surface area (Å²) < 4.78 is 27.2. The quantitative estimate of drug-likeness (QED) is 0.826. The Morgan fingerprint density at radius 2 is 2.05 bits per heavy atom. The van der Waals surface area contributed by atoms with Gasteiger partial charge in [-0.25, -0.2) is 8.42 Å². The van der Waals surface area contributed by atoms with Gasteiger partial charge in [0.05, 0.1) is 11.0 Å². The van der Waals surface area contributed by atoms with Gasteiger partial charge in [0.1, 0.15) is 0 Å². The number of rotatable bonds is 4. The second-order valence-electron chi connectivity index (χ2n) is 5.53. The third-order valence-corrected chi connectivity index (χ3v) is 5.97. The fraction of sp³-hybridized carbons (Fsp3) is 0.600. The van der Waals surface area contributed by atoms with Crippen molar-refractivity contribution in [3.63, 3.8) is 0 Å². The third-order valence-electron chi connectivity index (χ3n) is 4.04. The van der Waals surface area contributed by atoms with Gasteiger partial charge in [-0.2, -0.15) is 4.31 Å². The maximum Gasteiger partial charge on any atom is 0.243 e. The van der Waals surface area contributed by atoms with Crippen LogP contribution in [0.2, 0.25) is 0 Å². The molecule has 21 heavy (non-hydrogen) atoms. The number of β-amino-alcohol motifs (C(OH)–C–C–N with tert-alkyl or cyclic N) is 1. The van der Waals surface area contributed by atoms with Gasteiger partial charge in [-0.1, -0.05) is 13.8 Å². The molecule has 0 amide bonds. The number of sulfonamides is 1. The van der Waals surface area contributed by atoms with E-state index in [-0.39, 0.29) is 6.54 Å². The van der Waals surface area contributed by atoms with E-state index < -0.39 is 16.1 Å². The number of aliphatic hydroxyl groups excluding tert-OH is 1. The second-order valence-corrected chi connectivity index (χ2v) is 7.43. The Labute approximate surface area is 126 Å². The summed E-state index contributed by atoms with van der Waals surface area (Å²) in [6.07, 6.45) is 2.07. The molecule has 2 rings (SSSR count).